The van der Waals surface area contributed by atoms with Gasteiger partial charge >= 0.3 is 0 Å². The first kappa shape index (κ1) is 89.8. The Morgan fingerprint density at radius 2 is 0.410 bits per heavy atom. The SMILES string of the molecule is [C-]#[N+]c1ccc2c(c1)c1cc(C#N)ccc1n2-c1ccc(-c2ccc([Si](c3ccccc3)(c3ccccc3)c3ccccc3)cc2)cc1.[C-]#[N+]c1ccc2c(c1)c1cc(C#N)ccc1n2-c1ccc(-c2cccc([Si](c3ccccc3)(c3ccccc3)c3ccccc3)c2)cc1.[C-]#[N+]c1ccc2c(c1)c1cc(C#N)ccc1n2-c1ccc(-c2ccccc2[Si](c2ccccc2)(c2ccccc2)c2ccccc2)cc1. The first-order chi connectivity index (χ1) is 71.1. The van der Waals surface area contributed by atoms with E-state index in [1.54, 1.807) is 0 Å². The van der Waals surface area contributed by atoms with Crippen LogP contribution in [0.3, 0.4) is 0 Å². The molecule has 672 valence electrons. The van der Waals surface area contributed by atoms with Crippen molar-refractivity contribution in [3.63, 3.8) is 0 Å². The third kappa shape index (κ3) is 16.1. The van der Waals surface area contributed by atoms with Gasteiger partial charge in [-0.15, -0.1) is 0 Å². The van der Waals surface area contributed by atoms with E-state index in [4.69, 9.17) is 19.7 Å². The number of benzene rings is 21. The van der Waals surface area contributed by atoms with E-state index in [2.05, 4.69) is 465 Å². The molecule has 12 heteroatoms. The number of fused-ring (bicyclic) bond motifs is 9. The van der Waals surface area contributed by atoms with Crippen LogP contribution in [0.4, 0.5) is 17.1 Å². The molecule has 144 heavy (non-hydrogen) atoms. The van der Waals surface area contributed by atoms with Gasteiger partial charge < -0.3 is 13.7 Å². The number of nitriles is 3. The van der Waals surface area contributed by atoms with Gasteiger partial charge in [0.1, 0.15) is 0 Å². The smallest absolute Gasteiger partial charge is 0.188 e. The van der Waals surface area contributed by atoms with Crippen molar-refractivity contribution in [2.45, 2.75) is 0 Å². The Labute approximate surface area is 839 Å². The maximum Gasteiger partial charge on any atom is 0.188 e. The van der Waals surface area contributed by atoms with Gasteiger partial charge in [-0.2, -0.15) is 15.8 Å². The molecule has 0 aliphatic heterocycles. The fraction of sp³-hybridized carbons (Fsp3) is 0. The van der Waals surface area contributed by atoms with Crippen molar-refractivity contribution in [2.24, 2.45) is 0 Å². The van der Waals surface area contributed by atoms with E-state index >= 15 is 0 Å². The van der Waals surface area contributed by atoms with E-state index in [-0.39, 0.29) is 0 Å². The van der Waals surface area contributed by atoms with Crippen molar-refractivity contribution in [3.05, 3.63) is 579 Å². The third-order valence-electron chi connectivity index (χ3n) is 28.2. The first-order valence-electron chi connectivity index (χ1n) is 47.8. The lowest BCUT2D eigenvalue weighted by Crippen LogP contribution is -2.75. The van der Waals surface area contributed by atoms with Crippen molar-refractivity contribution in [2.75, 3.05) is 0 Å². The molecule has 0 saturated heterocycles. The molecule has 0 aliphatic carbocycles. The van der Waals surface area contributed by atoms with Crippen molar-refractivity contribution in [1.82, 2.24) is 13.7 Å². The summed E-state index contributed by atoms with van der Waals surface area (Å²) in [4.78, 5) is 11.0. The van der Waals surface area contributed by atoms with E-state index in [1.807, 2.05) is 109 Å². The fourth-order valence-corrected chi connectivity index (χ4v) is 36.3. The normalized spacial score (nSPS) is 11.3. The van der Waals surface area contributed by atoms with Gasteiger partial charge in [-0.05, 0) is 239 Å². The topological polar surface area (TPSA) is 99.2 Å². The number of hydrogen-bond acceptors (Lipinski definition) is 3. The Kier molecular flexibility index (Phi) is 24.5. The minimum absolute atomic E-state index is 0.582. The van der Waals surface area contributed by atoms with Crippen molar-refractivity contribution in [3.8, 4) is 68.7 Å². The molecule has 9 nitrogen and oxygen atoms in total. The number of rotatable bonds is 18. The Hall–Kier alpha value is -19.4. The van der Waals surface area contributed by atoms with Crippen molar-refractivity contribution in [1.29, 1.82) is 15.8 Å². The molecule has 0 spiro atoms. The maximum atomic E-state index is 9.63. The summed E-state index contributed by atoms with van der Waals surface area (Å²) >= 11 is 0. The second kappa shape index (κ2) is 39.2. The highest BCUT2D eigenvalue weighted by Crippen LogP contribution is 2.41. The minimum atomic E-state index is -2.74. The molecular weight excluding hydrogens is 1800 g/mol. The lowest BCUT2D eigenvalue weighted by Gasteiger charge is -2.36. The minimum Gasteiger partial charge on any atom is -0.309 e. The lowest BCUT2D eigenvalue weighted by atomic mass is 10.1. The summed E-state index contributed by atoms with van der Waals surface area (Å²) in [6.07, 6.45) is 0. The van der Waals surface area contributed by atoms with Crippen LogP contribution in [0.15, 0.2) is 528 Å². The highest BCUT2D eigenvalue weighted by atomic mass is 28.3. The predicted molar refractivity (Wildman–Crippen MR) is 602 cm³/mol. The molecule has 24 rings (SSSR count). The van der Waals surface area contributed by atoms with Crippen LogP contribution in [0.5, 0.6) is 0 Å². The molecule has 0 amide bonds. The van der Waals surface area contributed by atoms with Crippen LogP contribution in [0.2, 0.25) is 0 Å². The molecule has 0 unspecified atom stereocenters. The van der Waals surface area contributed by atoms with Gasteiger partial charge in [-0.25, -0.2) is 14.5 Å². The van der Waals surface area contributed by atoms with Gasteiger partial charge in [0.25, 0.3) is 0 Å². The summed E-state index contributed by atoms with van der Waals surface area (Å²) in [5.74, 6) is 0. The Morgan fingerprint density at radius 3 is 0.701 bits per heavy atom. The van der Waals surface area contributed by atoms with Gasteiger partial charge in [-0.3, -0.25) is 0 Å². The molecular formula is C132H87N9Si3. The van der Waals surface area contributed by atoms with E-state index in [1.165, 1.54) is 73.4 Å². The van der Waals surface area contributed by atoms with Crippen LogP contribution >= 0.6 is 0 Å². The monoisotopic (exact) mass is 1880 g/mol. The van der Waals surface area contributed by atoms with E-state index in [0.717, 1.165) is 105 Å². The largest absolute Gasteiger partial charge is 0.309 e. The highest BCUT2D eigenvalue weighted by molar-refractivity contribution is 7.21. The summed E-state index contributed by atoms with van der Waals surface area (Å²) in [5, 5.41) is 50.8. The quantitative estimate of drug-likeness (QED) is 0.0486. The van der Waals surface area contributed by atoms with Crippen LogP contribution in [0, 0.1) is 53.7 Å². The molecule has 0 N–H and O–H groups in total. The second-order valence-electron chi connectivity index (χ2n) is 35.9. The van der Waals surface area contributed by atoms with Crippen LogP contribution in [-0.2, 0) is 0 Å². The Morgan fingerprint density at radius 1 is 0.181 bits per heavy atom. The molecule has 0 fully saturated rings. The average Bonchev–Trinajstić information content (AvgIpc) is 1.10. The second-order valence-corrected chi connectivity index (χ2v) is 47.3. The zero-order valence-corrected chi connectivity index (χ0v) is 81.3. The summed E-state index contributed by atoms with van der Waals surface area (Å²) in [6, 6.07) is 194. The molecule has 3 heterocycles. The van der Waals surface area contributed by atoms with Gasteiger partial charge in [0.15, 0.2) is 41.3 Å². The van der Waals surface area contributed by atoms with Gasteiger partial charge in [0.05, 0.1) is 87.7 Å². The molecule has 0 atom stereocenters. The predicted octanol–water partition coefficient (Wildman–Crippen LogP) is 24.8. The summed E-state index contributed by atoms with van der Waals surface area (Å²) in [7, 11) is -7.96. The molecule has 21 aromatic carbocycles. The first-order valence-corrected chi connectivity index (χ1v) is 53.8. The van der Waals surface area contributed by atoms with E-state index < -0.39 is 24.2 Å². The Bertz CT molecular complexity index is 8700. The molecule has 24 aromatic rings. The summed E-state index contributed by atoms with van der Waals surface area (Å²) in [6.45, 7) is 22.7. The summed E-state index contributed by atoms with van der Waals surface area (Å²) < 4.78 is 6.66. The number of hydrogen-bond donors (Lipinski definition) is 0. The van der Waals surface area contributed by atoms with Gasteiger partial charge in [0, 0.05) is 33.2 Å². The maximum absolute atomic E-state index is 9.63. The van der Waals surface area contributed by atoms with E-state index in [9.17, 15) is 15.8 Å². The highest BCUT2D eigenvalue weighted by Gasteiger charge is 2.45. The number of aromatic nitrogens is 3. The standard InChI is InChI=1S/3C44H29N3Si/c1-46-35-23-27-44-42(30-35)41-28-32(31-45)20-26-43(41)47(44)36-24-21-33(22-25-36)34-12-11-19-40(29-34)48(37-13-5-2-6-14-37,38-15-7-3-8-16-38)39-17-9-4-10-18-39;1-46-34-24-28-43-41(30-34)40-29-32(31-45)21-27-42(40)47(43)35-25-22-33(23-26-35)39-19-11-12-20-44(39)48(36-13-5-2-6-14-36,37-15-7-3-8-16-37)38-17-9-4-10-18-38;1-46-35-22-28-44-42(30-35)41-29-32(31-45)17-27-43(41)47(44)36-23-18-33(19-24-36)34-20-25-40(26-21-34)48(37-11-5-2-6-12-37,38-13-7-3-8-14-38)39-15-9-4-10-16-39/h3*2-30H. The van der Waals surface area contributed by atoms with Crippen molar-refractivity contribution < 1.29 is 0 Å². The molecule has 0 saturated carbocycles. The zero-order valence-electron chi connectivity index (χ0n) is 78.3. The molecule has 3 aromatic heterocycles. The zero-order chi connectivity index (χ0) is 97.5. The fourth-order valence-electron chi connectivity index (χ4n) is 21.7. The van der Waals surface area contributed by atoms with Gasteiger partial charge in [-0.1, -0.05) is 400 Å². The van der Waals surface area contributed by atoms with Crippen LogP contribution in [-0.4, -0.2) is 37.9 Å². The van der Waals surface area contributed by atoms with Crippen LogP contribution in [0.1, 0.15) is 16.7 Å². The van der Waals surface area contributed by atoms with Crippen LogP contribution in [0.25, 0.3) is 130 Å². The summed E-state index contributed by atoms with van der Waals surface area (Å²) in [5.41, 5.74) is 19.6. The number of nitrogens with zero attached hydrogens (tertiary/aromatic N) is 9. The molecule has 0 aliphatic rings. The lowest BCUT2D eigenvalue weighted by molar-refractivity contribution is 1.18. The van der Waals surface area contributed by atoms with Crippen LogP contribution < -0.4 is 62.2 Å². The average molecular weight is 1880 g/mol. The van der Waals surface area contributed by atoms with Crippen molar-refractivity contribution >= 4 is 169 Å². The Balaban J connectivity index is 0.000000123. The van der Waals surface area contributed by atoms with Gasteiger partial charge in [0.2, 0.25) is 0 Å². The molecule has 0 radical (unpaired) electrons. The molecule has 0 bridgehead atoms. The third-order valence-corrected chi connectivity index (χ3v) is 42.6. The van der Waals surface area contributed by atoms with E-state index in [0.29, 0.717) is 33.8 Å².